The summed E-state index contributed by atoms with van der Waals surface area (Å²) in [4.78, 5) is 0. The summed E-state index contributed by atoms with van der Waals surface area (Å²) >= 11 is 0. The number of aliphatic hydroxyl groups excluding tert-OH is 1. The summed E-state index contributed by atoms with van der Waals surface area (Å²) in [5.41, 5.74) is 1.22. The van der Waals surface area contributed by atoms with E-state index in [9.17, 15) is 10.2 Å². The standard InChI is InChI=1S/C15H16O3/c1-15(17,18-13-8-3-2-4-9-13)14-10-6-5-7-12(14)11-16/h2-10,16-17H,11H2,1H3. The normalized spacial score (nSPS) is 13.9. The Kier molecular flexibility index (Phi) is 3.65. The van der Waals surface area contributed by atoms with E-state index in [2.05, 4.69) is 0 Å². The quantitative estimate of drug-likeness (QED) is 0.812. The van der Waals surface area contributed by atoms with Crippen LogP contribution in [-0.4, -0.2) is 10.2 Å². The summed E-state index contributed by atoms with van der Waals surface area (Å²) in [6.07, 6.45) is 0. The summed E-state index contributed by atoms with van der Waals surface area (Å²) in [7, 11) is 0. The Morgan fingerprint density at radius 1 is 1.00 bits per heavy atom. The zero-order valence-corrected chi connectivity index (χ0v) is 10.2. The van der Waals surface area contributed by atoms with Gasteiger partial charge < -0.3 is 14.9 Å². The van der Waals surface area contributed by atoms with Crippen molar-refractivity contribution in [3.63, 3.8) is 0 Å². The molecule has 0 aromatic heterocycles. The van der Waals surface area contributed by atoms with E-state index in [0.717, 1.165) is 0 Å². The summed E-state index contributed by atoms with van der Waals surface area (Å²) < 4.78 is 5.57. The minimum Gasteiger partial charge on any atom is -0.459 e. The molecule has 2 rings (SSSR count). The highest BCUT2D eigenvalue weighted by atomic mass is 16.6. The average Bonchev–Trinajstić information content (AvgIpc) is 2.39. The van der Waals surface area contributed by atoms with Gasteiger partial charge in [0.15, 0.2) is 0 Å². The van der Waals surface area contributed by atoms with Crippen LogP contribution in [0.25, 0.3) is 0 Å². The molecule has 3 nitrogen and oxygen atoms in total. The summed E-state index contributed by atoms with van der Waals surface area (Å²) in [5, 5.41) is 19.7. The van der Waals surface area contributed by atoms with Gasteiger partial charge in [-0.15, -0.1) is 0 Å². The fraction of sp³-hybridized carbons (Fsp3) is 0.200. The van der Waals surface area contributed by atoms with Crippen molar-refractivity contribution >= 4 is 0 Å². The van der Waals surface area contributed by atoms with Gasteiger partial charge in [0, 0.05) is 12.5 Å². The predicted molar refractivity (Wildman–Crippen MR) is 69.0 cm³/mol. The molecule has 0 spiro atoms. The zero-order chi connectivity index (χ0) is 13.0. The lowest BCUT2D eigenvalue weighted by Gasteiger charge is -2.27. The Hall–Kier alpha value is -1.84. The molecule has 0 aliphatic heterocycles. The minimum absolute atomic E-state index is 0.134. The van der Waals surface area contributed by atoms with E-state index in [-0.39, 0.29) is 6.61 Å². The second kappa shape index (κ2) is 5.21. The highest BCUT2D eigenvalue weighted by Crippen LogP contribution is 2.27. The van der Waals surface area contributed by atoms with Gasteiger partial charge in [-0.25, -0.2) is 0 Å². The molecule has 0 bridgehead atoms. The molecular formula is C15H16O3. The molecule has 0 amide bonds. The third-order valence-electron chi connectivity index (χ3n) is 2.75. The van der Waals surface area contributed by atoms with Crippen LogP contribution in [-0.2, 0) is 12.4 Å². The van der Waals surface area contributed by atoms with Gasteiger partial charge in [-0.2, -0.15) is 0 Å². The second-order valence-corrected chi connectivity index (χ2v) is 4.21. The lowest BCUT2D eigenvalue weighted by Crippen LogP contribution is -2.30. The first-order valence-electron chi connectivity index (χ1n) is 5.79. The topological polar surface area (TPSA) is 49.7 Å². The van der Waals surface area contributed by atoms with E-state index >= 15 is 0 Å². The van der Waals surface area contributed by atoms with Gasteiger partial charge in [0.05, 0.1) is 6.61 Å². The molecule has 18 heavy (non-hydrogen) atoms. The van der Waals surface area contributed by atoms with E-state index in [1.807, 2.05) is 24.3 Å². The Morgan fingerprint density at radius 2 is 1.61 bits per heavy atom. The number of rotatable bonds is 4. The third-order valence-corrected chi connectivity index (χ3v) is 2.75. The molecule has 0 heterocycles. The second-order valence-electron chi connectivity index (χ2n) is 4.21. The van der Waals surface area contributed by atoms with E-state index in [4.69, 9.17) is 4.74 Å². The van der Waals surface area contributed by atoms with Crippen molar-refractivity contribution in [1.29, 1.82) is 0 Å². The van der Waals surface area contributed by atoms with Crippen molar-refractivity contribution < 1.29 is 14.9 Å². The molecule has 0 saturated carbocycles. The van der Waals surface area contributed by atoms with Crippen LogP contribution in [0.15, 0.2) is 54.6 Å². The smallest absolute Gasteiger partial charge is 0.232 e. The first-order valence-corrected chi connectivity index (χ1v) is 5.79. The number of para-hydroxylation sites is 1. The molecule has 94 valence electrons. The molecule has 1 unspecified atom stereocenters. The van der Waals surface area contributed by atoms with Crippen LogP contribution in [0, 0.1) is 0 Å². The van der Waals surface area contributed by atoms with E-state index in [1.165, 1.54) is 0 Å². The molecule has 2 N–H and O–H groups in total. The fourth-order valence-electron chi connectivity index (χ4n) is 1.88. The van der Waals surface area contributed by atoms with Gasteiger partial charge in [-0.3, -0.25) is 0 Å². The maximum Gasteiger partial charge on any atom is 0.232 e. The number of hydrogen-bond donors (Lipinski definition) is 2. The Labute approximate surface area is 106 Å². The maximum absolute atomic E-state index is 10.4. The van der Waals surface area contributed by atoms with Crippen LogP contribution in [0.4, 0.5) is 0 Å². The molecule has 0 radical (unpaired) electrons. The third kappa shape index (κ3) is 2.70. The number of aliphatic hydroxyl groups is 2. The minimum atomic E-state index is -1.47. The molecule has 1 atom stereocenters. The van der Waals surface area contributed by atoms with Crippen LogP contribution in [0.5, 0.6) is 5.75 Å². The summed E-state index contributed by atoms with van der Waals surface area (Å²) in [6, 6.07) is 16.2. The molecule has 2 aromatic carbocycles. The van der Waals surface area contributed by atoms with Gasteiger partial charge in [-0.05, 0) is 17.7 Å². The van der Waals surface area contributed by atoms with Crippen molar-refractivity contribution in [2.75, 3.05) is 0 Å². The first kappa shape index (κ1) is 12.6. The SMILES string of the molecule is CC(O)(Oc1ccccc1)c1ccccc1CO. The molecular weight excluding hydrogens is 228 g/mol. The Bertz CT molecular complexity index is 506. The predicted octanol–water partition coefficient (Wildman–Crippen LogP) is 2.42. The van der Waals surface area contributed by atoms with E-state index in [1.54, 1.807) is 37.3 Å². The van der Waals surface area contributed by atoms with Crippen LogP contribution in [0.2, 0.25) is 0 Å². The van der Waals surface area contributed by atoms with Crippen LogP contribution >= 0.6 is 0 Å². The molecule has 0 aliphatic rings. The maximum atomic E-state index is 10.4. The van der Waals surface area contributed by atoms with Crippen molar-refractivity contribution in [2.45, 2.75) is 19.3 Å². The van der Waals surface area contributed by atoms with E-state index < -0.39 is 5.79 Å². The van der Waals surface area contributed by atoms with Gasteiger partial charge in [0.25, 0.3) is 0 Å². The van der Waals surface area contributed by atoms with Crippen molar-refractivity contribution in [3.05, 3.63) is 65.7 Å². The van der Waals surface area contributed by atoms with E-state index in [0.29, 0.717) is 16.9 Å². The zero-order valence-electron chi connectivity index (χ0n) is 10.2. The Morgan fingerprint density at radius 3 is 2.28 bits per heavy atom. The molecule has 0 fully saturated rings. The molecule has 3 heteroatoms. The molecule has 0 aliphatic carbocycles. The van der Waals surface area contributed by atoms with Crippen LogP contribution in [0.1, 0.15) is 18.1 Å². The number of benzene rings is 2. The Balaban J connectivity index is 2.30. The fourth-order valence-corrected chi connectivity index (χ4v) is 1.88. The van der Waals surface area contributed by atoms with Crippen LogP contribution < -0.4 is 4.74 Å². The summed E-state index contributed by atoms with van der Waals surface area (Å²) in [5.74, 6) is -0.893. The summed E-state index contributed by atoms with van der Waals surface area (Å²) in [6.45, 7) is 1.43. The largest absolute Gasteiger partial charge is 0.459 e. The van der Waals surface area contributed by atoms with Crippen molar-refractivity contribution in [3.8, 4) is 5.75 Å². The van der Waals surface area contributed by atoms with Gasteiger partial charge in [-0.1, -0.05) is 42.5 Å². The van der Waals surface area contributed by atoms with Gasteiger partial charge in [0.1, 0.15) is 5.75 Å². The first-order chi connectivity index (χ1) is 8.63. The van der Waals surface area contributed by atoms with Gasteiger partial charge in [0.2, 0.25) is 5.79 Å². The van der Waals surface area contributed by atoms with Crippen molar-refractivity contribution in [2.24, 2.45) is 0 Å². The van der Waals surface area contributed by atoms with Crippen LogP contribution in [0.3, 0.4) is 0 Å². The lowest BCUT2D eigenvalue weighted by atomic mass is 10.0. The number of ether oxygens (including phenoxy) is 1. The highest BCUT2D eigenvalue weighted by molar-refractivity contribution is 5.32. The van der Waals surface area contributed by atoms with Gasteiger partial charge >= 0.3 is 0 Å². The molecule has 2 aromatic rings. The molecule has 0 saturated heterocycles. The monoisotopic (exact) mass is 244 g/mol. The highest BCUT2D eigenvalue weighted by Gasteiger charge is 2.27. The average molecular weight is 244 g/mol. The number of hydrogen-bond acceptors (Lipinski definition) is 3. The lowest BCUT2D eigenvalue weighted by molar-refractivity contribution is -0.130. The van der Waals surface area contributed by atoms with Crippen molar-refractivity contribution in [1.82, 2.24) is 0 Å².